The van der Waals surface area contributed by atoms with E-state index in [9.17, 15) is 9.59 Å². The molecule has 19 heavy (non-hydrogen) atoms. The van der Waals surface area contributed by atoms with Crippen molar-refractivity contribution < 1.29 is 14.3 Å². The number of unbranched alkanes of at least 4 members (excludes halogenated alkanes) is 3. The number of carbonyl (C=O) groups is 2. The van der Waals surface area contributed by atoms with Crippen molar-refractivity contribution in [2.75, 3.05) is 6.61 Å². The first-order valence-corrected chi connectivity index (χ1v) is 7.87. The molecule has 1 rings (SSSR count). The van der Waals surface area contributed by atoms with E-state index in [1.807, 2.05) is 6.92 Å². The highest BCUT2D eigenvalue weighted by Crippen LogP contribution is 2.35. The Bertz CT molecular complexity index is 286. The van der Waals surface area contributed by atoms with Crippen molar-refractivity contribution in [3.05, 3.63) is 0 Å². The van der Waals surface area contributed by atoms with Gasteiger partial charge >= 0.3 is 5.97 Å². The van der Waals surface area contributed by atoms with E-state index >= 15 is 0 Å². The van der Waals surface area contributed by atoms with Crippen LogP contribution in [-0.4, -0.2) is 18.4 Å². The lowest BCUT2D eigenvalue weighted by Gasteiger charge is -2.17. The van der Waals surface area contributed by atoms with Gasteiger partial charge in [0.15, 0.2) is 0 Å². The molecule has 0 heterocycles. The number of ketones is 1. The Kier molecular flexibility index (Phi) is 7.76. The highest BCUT2D eigenvalue weighted by molar-refractivity contribution is 5.84. The van der Waals surface area contributed by atoms with Crippen LogP contribution in [0.15, 0.2) is 0 Å². The number of carbonyl (C=O) groups excluding carboxylic acids is 2. The normalized spacial score (nSPS) is 22.7. The first-order valence-electron chi connectivity index (χ1n) is 7.87. The fraction of sp³-hybridized carbons (Fsp3) is 0.875. The minimum Gasteiger partial charge on any atom is -0.466 e. The van der Waals surface area contributed by atoms with Gasteiger partial charge in [0.2, 0.25) is 0 Å². The number of rotatable bonds is 9. The summed E-state index contributed by atoms with van der Waals surface area (Å²) in [5.74, 6) is 0.592. The van der Waals surface area contributed by atoms with E-state index in [-0.39, 0.29) is 17.8 Å². The van der Waals surface area contributed by atoms with Crippen molar-refractivity contribution in [3.8, 4) is 0 Å². The lowest BCUT2D eigenvalue weighted by atomic mass is 9.88. The van der Waals surface area contributed by atoms with Gasteiger partial charge in [-0.2, -0.15) is 0 Å². The number of hydrogen-bond donors (Lipinski definition) is 0. The number of ether oxygens (including phenoxy) is 1. The Morgan fingerprint density at radius 3 is 2.68 bits per heavy atom. The fourth-order valence-corrected chi connectivity index (χ4v) is 2.90. The second kappa shape index (κ2) is 9.11. The van der Waals surface area contributed by atoms with Crippen molar-refractivity contribution in [2.45, 2.75) is 71.6 Å². The molecular formula is C16H28O3. The Balaban J connectivity index is 2.34. The van der Waals surface area contributed by atoms with Gasteiger partial charge in [0, 0.05) is 18.8 Å². The molecule has 1 aliphatic carbocycles. The van der Waals surface area contributed by atoms with Crippen molar-refractivity contribution in [3.63, 3.8) is 0 Å². The Morgan fingerprint density at radius 2 is 2.00 bits per heavy atom. The van der Waals surface area contributed by atoms with Gasteiger partial charge in [-0.05, 0) is 25.2 Å². The quantitative estimate of drug-likeness (QED) is 0.470. The minimum atomic E-state index is -0.125. The summed E-state index contributed by atoms with van der Waals surface area (Å²) >= 11 is 0. The molecule has 1 fully saturated rings. The molecule has 0 bridgehead atoms. The second-order valence-electron chi connectivity index (χ2n) is 5.65. The highest BCUT2D eigenvalue weighted by Gasteiger charge is 2.35. The first kappa shape index (κ1) is 16.2. The van der Waals surface area contributed by atoms with Crippen molar-refractivity contribution in [1.82, 2.24) is 0 Å². The van der Waals surface area contributed by atoms with E-state index in [1.54, 1.807) is 0 Å². The standard InChI is InChI=1S/C16H28O3/c1-3-5-6-7-8-14-13(9-10-15(14)17)12-16(18)19-11-4-2/h13-14H,3-12H2,1-2H3. The van der Waals surface area contributed by atoms with Gasteiger partial charge in [-0.1, -0.05) is 39.5 Å². The first-order chi connectivity index (χ1) is 9.19. The molecule has 0 spiro atoms. The van der Waals surface area contributed by atoms with Crippen LogP contribution in [0.25, 0.3) is 0 Å². The SMILES string of the molecule is CCCCCCC1C(=O)CCC1CC(=O)OCCC. The van der Waals surface area contributed by atoms with Crippen LogP contribution in [0.2, 0.25) is 0 Å². The predicted molar refractivity (Wildman–Crippen MR) is 75.8 cm³/mol. The third kappa shape index (κ3) is 5.75. The van der Waals surface area contributed by atoms with Crippen LogP contribution in [0.4, 0.5) is 0 Å². The maximum absolute atomic E-state index is 11.9. The van der Waals surface area contributed by atoms with Crippen LogP contribution in [0.1, 0.15) is 71.6 Å². The van der Waals surface area contributed by atoms with E-state index in [1.165, 1.54) is 19.3 Å². The van der Waals surface area contributed by atoms with Crippen molar-refractivity contribution in [1.29, 1.82) is 0 Å². The number of Topliss-reactive ketones (excluding diaryl/α,β-unsaturated/α-hetero) is 1. The van der Waals surface area contributed by atoms with Crippen LogP contribution < -0.4 is 0 Å². The molecule has 0 saturated heterocycles. The van der Waals surface area contributed by atoms with E-state index in [2.05, 4.69) is 6.92 Å². The summed E-state index contributed by atoms with van der Waals surface area (Å²) in [6.07, 6.45) is 8.56. The van der Waals surface area contributed by atoms with Crippen LogP contribution >= 0.6 is 0 Å². The Morgan fingerprint density at radius 1 is 1.21 bits per heavy atom. The summed E-state index contributed by atoms with van der Waals surface area (Å²) in [6.45, 7) is 4.68. The van der Waals surface area contributed by atoms with Crippen LogP contribution in [0, 0.1) is 11.8 Å². The molecule has 0 radical (unpaired) electrons. The molecule has 0 aromatic carbocycles. The molecule has 0 amide bonds. The molecule has 2 atom stereocenters. The van der Waals surface area contributed by atoms with E-state index in [4.69, 9.17) is 4.74 Å². The van der Waals surface area contributed by atoms with E-state index in [0.29, 0.717) is 25.2 Å². The minimum absolute atomic E-state index is 0.117. The van der Waals surface area contributed by atoms with Gasteiger partial charge in [0.05, 0.1) is 6.61 Å². The summed E-state index contributed by atoms with van der Waals surface area (Å²) in [4.78, 5) is 23.5. The van der Waals surface area contributed by atoms with Crippen LogP contribution in [-0.2, 0) is 14.3 Å². The predicted octanol–water partition coefficient (Wildman–Crippen LogP) is 3.90. The molecule has 0 aliphatic heterocycles. The molecule has 0 aromatic rings. The molecule has 0 N–H and O–H groups in total. The average molecular weight is 268 g/mol. The summed E-state index contributed by atoms with van der Waals surface area (Å²) in [5.41, 5.74) is 0. The molecule has 3 nitrogen and oxygen atoms in total. The molecule has 110 valence electrons. The Labute approximate surface area is 117 Å². The molecule has 2 unspecified atom stereocenters. The van der Waals surface area contributed by atoms with Gasteiger partial charge in [-0.3, -0.25) is 9.59 Å². The monoisotopic (exact) mass is 268 g/mol. The van der Waals surface area contributed by atoms with Gasteiger partial charge in [0.25, 0.3) is 0 Å². The van der Waals surface area contributed by atoms with Gasteiger partial charge in [-0.15, -0.1) is 0 Å². The van der Waals surface area contributed by atoms with Crippen molar-refractivity contribution >= 4 is 11.8 Å². The molecule has 3 heteroatoms. The van der Waals surface area contributed by atoms with Gasteiger partial charge in [0.1, 0.15) is 5.78 Å². The third-order valence-electron chi connectivity index (χ3n) is 4.01. The smallest absolute Gasteiger partial charge is 0.306 e. The zero-order valence-corrected chi connectivity index (χ0v) is 12.5. The summed E-state index contributed by atoms with van der Waals surface area (Å²) < 4.78 is 5.13. The van der Waals surface area contributed by atoms with Gasteiger partial charge in [-0.25, -0.2) is 0 Å². The van der Waals surface area contributed by atoms with Crippen LogP contribution in [0.3, 0.4) is 0 Å². The molecule has 1 saturated carbocycles. The van der Waals surface area contributed by atoms with Crippen LogP contribution in [0.5, 0.6) is 0 Å². The number of hydrogen-bond acceptors (Lipinski definition) is 3. The van der Waals surface area contributed by atoms with E-state index < -0.39 is 0 Å². The highest BCUT2D eigenvalue weighted by atomic mass is 16.5. The number of esters is 1. The second-order valence-corrected chi connectivity index (χ2v) is 5.65. The Hall–Kier alpha value is -0.860. The zero-order chi connectivity index (χ0) is 14.1. The third-order valence-corrected chi connectivity index (χ3v) is 4.01. The lowest BCUT2D eigenvalue weighted by Crippen LogP contribution is -2.19. The van der Waals surface area contributed by atoms with E-state index in [0.717, 1.165) is 25.7 Å². The lowest BCUT2D eigenvalue weighted by molar-refractivity contribution is -0.145. The topological polar surface area (TPSA) is 43.4 Å². The van der Waals surface area contributed by atoms with Crippen molar-refractivity contribution in [2.24, 2.45) is 11.8 Å². The zero-order valence-electron chi connectivity index (χ0n) is 12.5. The maximum atomic E-state index is 11.9. The summed E-state index contributed by atoms with van der Waals surface area (Å²) in [5, 5.41) is 0. The summed E-state index contributed by atoms with van der Waals surface area (Å²) in [7, 11) is 0. The fourth-order valence-electron chi connectivity index (χ4n) is 2.90. The van der Waals surface area contributed by atoms with Gasteiger partial charge < -0.3 is 4.74 Å². The molecular weight excluding hydrogens is 240 g/mol. The largest absolute Gasteiger partial charge is 0.466 e. The molecule has 1 aliphatic rings. The summed E-state index contributed by atoms with van der Waals surface area (Å²) in [6, 6.07) is 0. The average Bonchev–Trinajstić information content (AvgIpc) is 2.73. The molecule has 0 aromatic heterocycles. The maximum Gasteiger partial charge on any atom is 0.306 e.